The molecule has 0 aliphatic heterocycles. The molecule has 3 aromatic carbocycles. The molecule has 0 unspecified atom stereocenters. The van der Waals surface area contributed by atoms with Crippen LogP contribution in [0.1, 0.15) is 16.1 Å². The summed E-state index contributed by atoms with van der Waals surface area (Å²) in [6.07, 6.45) is 0. The lowest BCUT2D eigenvalue weighted by molar-refractivity contribution is 0.103. The van der Waals surface area contributed by atoms with Crippen molar-refractivity contribution in [1.82, 2.24) is 10.2 Å². The quantitative estimate of drug-likeness (QED) is 0.562. The fraction of sp³-hybridized carbons (Fsp3) is 0. The highest BCUT2D eigenvalue weighted by Crippen LogP contribution is 2.21. The van der Waals surface area contributed by atoms with E-state index in [9.17, 15) is 4.79 Å². The van der Waals surface area contributed by atoms with Crippen molar-refractivity contribution < 1.29 is 4.79 Å². The summed E-state index contributed by atoms with van der Waals surface area (Å²) in [6.45, 7) is 0. The Kier molecular flexibility index (Phi) is 2.57. The van der Waals surface area contributed by atoms with Crippen molar-refractivity contribution >= 4 is 27.5 Å². The molecule has 0 atom stereocenters. The third-order valence-corrected chi connectivity index (χ3v) is 3.70. The van der Waals surface area contributed by atoms with Crippen LogP contribution in [0.25, 0.3) is 21.7 Å². The zero-order valence-corrected chi connectivity index (χ0v) is 11.2. The van der Waals surface area contributed by atoms with Crippen LogP contribution in [0.15, 0.2) is 66.7 Å². The summed E-state index contributed by atoms with van der Waals surface area (Å²) in [5, 5.41) is 10.1. The molecule has 3 heteroatoms. The maximum Gasteiger partial charge on any atom is 0.213 e. The fourth-order valence-corrected chi connectivity index (χ4v) is 2.60. The third kappa shape index (κ3) is 1.91. The van der Waals surface area contributed by atoms with Gasteiger partial charge in [-0.1, -0.05) is 54.6 Å². The summed E-state index contributed by atoms with van der Waals surface area (Å²) in [5.41, 5.74) is 2.01. The average molecular weight is 272 g/mol. The van der Waals surface area contributed by atoms with E-state index in [0.717, 1.165) is 21.7 Å². The highest BCUT2D eigenvalue weighted by atomic mass is 16.1. The van der Waals surface area contributed by atoms with E-state index in [-0.39, 0.29) is 5.78 Å². The lowest BCUT2D eigenvalue weighted by atomic mass is 10.0. The topological polar surface area (TPSA) is 45.8 Å². The number of benzene rings is 3. The largest absolute Gasteiger partial charge is 0.287 e. The van der Waals surface area contributed by atoms with Gasteiger partial charge in [-0.05, 0) is 22.9 Å². The molecule has 0 radical (unpaired) electrons. The van der Waals surface area contributed by atoms with Crippen molar-refractivity contribution in [3.8, 4) is 0 Å². The van der Waals surface area contributed by atoms with Gasteiger partial charge in [0, 0.05) is 10.9 Å². The zero-order valence-electron chi connectivity index (χ0n) is 11.2. The van der Waals surface area contributed by atoms with E-state index in [2.05, 4.69) is 10.2 Å². The van der Waals surface area contributed by atoms with E-state index in [1.807, 2.05) is 66.7 Å². The number of carbonyl (C=O) groups excluding carboxylic acids is 1. The Hall–Kier alpha value is -2.94. The summed E-state index contributed by atoms with van der Waals surface area (Å²) >= 11 is 0. The maximum atomic E-state index is 12.7. The number of nitrogens with zero attached hydrogens (tertiary/aromatic N) is 1. The van der Waals surface area contributed by atoms with Crippen molar-refractivity contribution in [3.63, 3.8) is 0 Å². The molecule has 21 heavy (non-hydrogen) atoms. The van der Waals surface area contributed by atoms with Crippen LogP contribution in [0.4, 0.5) is 0 Å². The normalized spacial score (nSPS) is 11.0. The number of nitrogens with one attached hydrogen (secondary N) is 1. The number of aromatic amines is 1. The Bertz CT molecular complexity index is 969. The molecule has 3 nitrogen and oxygen atoms in total. The molecular weight excluding hydrogens is 260 g/mol. The molecule has 0 fully saturated rings. The van der Waals surface area contributed by atoms with Crippen LogP contribution in [0.3, 0.4) is 0 Å². The van der Waals surface area contributed by atoms with Gasteiger partial charge in [0.15, 0.2) is 0 Å². The second-order valence-electron chi connectivity index (χ2n) is 5.01. The van der Waals surface area contributed by atoms with Gasteiger partial charge in [-0.3, -0.25) is 9.89 Å². The van der Waals surface area contributed by atoms with Crippen LogP contribution in [-0.2, 0) is 0 Å². The van der Waals surface area contributed by atoms with E-state index in [4.69, 9.17) is 0 Å². The van der Waals surface area contributed by atoms with E-state index in [0.29, 0.717) is 11.3 Å². The number of H-pyrrole nitrogens is 1. The van der Waals surface area contributed by atoms with E-state index in [1.54, 1.807) is 0 Å². The Balaban J connectivity index is 1.86. The molecule has 1 heterocycles. The molecule has 0 saturated heterocycles. The predicted octanol–water partition coefficient (Wildman–Crippen LogP) is 3.95. The minimum atomic E-state index is -0.0572. The smallest absolute Gasteiger partial charge is 0.213 e. The molecule has 4 aromatic rings. The van der Waals surface area contributed by atoms with Gasteiger partial charge in [-0.25, -0.2) is 0 Å². The molecule has 4 rings (SSSR count). The first-order chi connectivity index (χ1) is 10.3. The number of aromatic nitrogens is 2. The SMILES string of the molecule is O=C(c1ccc2ccccc2c1)c1n[nH]c2ccccc12. The highest BCUT2D eigenvalue weighted by Gasteiger charge is 2.16. The molecule has 0 spiro atoms. The second-order valence-corrected chi connectivity index (χ2v) is 5.01. The molecule has 1 aromatic heterocycles. The number of hydrogen-bond acceptors (Lipinski definition) is 2. The fourth-order valence-electron chi connectivity index (χ4n) is 2.60. The third-order valence-electron chi connectivity index (χ3n) is 3.70. The molecule has 0 amide bonds. The molecule has 100 valence electrons. The standard InChI is InChI=1S/C18H12N2O/c21-18(17-15-7-3-4-8-16(15)19-20-17)14-10-9-12-5-1-2-6-13(12)11-14/h1-11H,(H,19,20). The van der Waals surface area contributed by atoms with Crippen LogP contribution in [0.5, 0.6) is 0 Å². The van der Waals surface area contributed by atoms with Gasteiger partial charge in [0.1, 0.15) is 5.69 Å². The maximum absolute atomic E-state index is 12.7. The number of fused-ring (bicyclic) bond motifs is 2. The van der Waals surface area contributed by atoms with Crippen molar-refractivity contribution in [2.45, 2.75) is 0 Å². The number of rotatable bonds is 2. The van der Waals surface area contributed by atoms with Crippen molar-refractivity contribution in [1.29, 1.82) is 0 Å². The summed E-state index contributed by atoms with van der Waals surface area (Å²) in [4.78, 5) is 12.7. The van der Waals surface area contributed by atoms with Gasteiger partial charge in [0.2, 0.25) is 5.78 Å². The van der Waals surface area contributed by atoms with Gasteiger partial charge in [0.25, 0.3) is 0 Å². The number of carbonyl (C=O) groups is 1. The molecule has 0 bridgehead atoms. The Morgan fingerprint density at radius 3 is 2.52 bits per heavy atom. The van der Waals surface area contributed by atoms with Gasteiger partial charge in [0.05, 0.1) is 5.52 Å². The van der Waals surface area contributed by atoms with Gasteiger partial charge in [-0.15, -0.1) is 0 Å². The monoisotopic (exact) mass is 272 g/mol. The van der Waals surface area contributed by atoms with E-state index < -0.39 is 0 Å². The van der Waals surface area contributed by atoms with Gasteiger partial charge >= 0.3 is 0 Å². The number of para-hydroxylation sites is 1. The van der Waals surface area contributed by atoms with Gasteiger partial charge in [-0.2, -0.15) is 5.10 Å². The summed E-state index contributed by atoms with van der Waals surface area (Å²) < 4.78 is 0. The highest BCUT2D eigenvalue weighted by molar-refractivity contribution is 6.15. The lowest BCUT2D eigenvalue weighted by Gasteiger charge is -2.02. The minimum Gasteiger partial charge on any atom is -0.287 e. The number of hydrogen-bond donors (Lipinski definition) is 1. The first kappa shape index (κ1) is 11.9. The molecule has 1 N–H and O–H groups in total. The molecule has 0 aliphatic carbocycles. The van der Waals surface area contributed by atoms with Crippen LogP contribution in [0, 0.1) is 0 Å². The van der Waals surface area contributed by atoms with Crippen molar-refractivity contribution in [2.24, 2.45) is 0 Å². The average Bonchev–Trinajstić information content (AvgIpc) is 2.98. The first-order valence-corrected chi connectivity index (χ1v) is 6.79. The zero-order chi connectivity index (χ0) is 14.2. The van der Waals surface area contributed by atoms with Crippen LogP contribution >= 0.6 is 0 Å². The lowest BCUT2D eigenvalue weighted by Crippen LogP contribution is -2.02. The molecule has 0 aliphatic rings. The summed E-state index contributed by atoms with van der Waals surface area (Å²) in [5.74, 6) is -0.0572. The Labute approximate surface area is 121 Å². The Morgan fingerprint density at radius 1 is 0.857 bits per heavy atom. The van der Waals surface area contributed by atoms with Crippen LogP contribution < -0.4 is 0 Å². The van der Waals surface area contributed by atoms with Crippen molar-refractivity contribution in [2.75, 3.05) is 0 Å². The van der Waals surface area contributed by atoms with Crippen LogP contribution in [-0.4, -0.2) is 16.0 Å². The first-order valence-electron chi connectivity index (χ1n) is 6.79. The number of ketones is 1. The minimum absolute atomic E-state index is 0.0572. The summed E-state index contributed by atoms with van der Waals surface area (Å²) in [7, 11) is 0. The van der Waals surface area contributed by atoms with Gasteiger partial charge < -0.3 is 0 Å². The predicted molar refractivity (Wildman–Crippen MR) is 83.5 cm³/mol. The summed E-state index contributed by atoms with van der Waals surface area (Å²) in [6, 6.07) is 21.4. The Morgan fingerprint density at radius 2 is 1.62 bits per heavy atom. The van der Waals surface area contributed by atoms with Crippen molar-refractivity contribution in [3.05, 3.63) is 78.0 Å². The van der Waals surface area contributed by atoms with E-state index >= 15 is 0 Å². The second kappa shape index (κ2) is 4.56. The van der Waals surface area contributed by atoms with E-state index in [1.165, 1.54) is 0 Å². The molecular formula is C18H12N2O. The molecule has 0 saturated carbocycles. The van der Waals surface area contributed by atoms with Crippen LogP contribution in [0.2, 0.25) is 0 Å².